The van der Waals surface area contributed by atoms with Gasteiger partial charge in [-0.15, -0.1) is 0 Å². The van der Waals surface area contributed by atoms with Gasteiger partial charge in [0, 0.05) is 23.1 Å². The molecule has 3 aromatic rings. The minimum absolute atomic E-state index is 0.459. The molecule has 0 saturated carbocycles. The number of nitrogens with one attached hydrogen (secondary N) is 1. The van der Waals surface area contributed by atoms with Crippen molar-refractivity contribution in [2.75, 3.05) is 13.1 Å². The van der Waals surface area contributed by atoms with Crippen LogP contribution >= 0.6 is 0 Å². The fourth-order valence-electron chi connectivity index (χ4n) is 4.19. The highest BCUT2D eigenvalue weighted by Gasteiger charge is 2.32. The van der Waals surface area contributed by atoms with Crippen LogP contribution in [0.4, 0.5) is 0 Å². The fourth-order valence-corrected chi connectivity index (χ4v) is 4.19. The summed E-state index contributed by atoms with van der Waals surface area (Å²) in [6.45, 7) is 2.67. The Labute approximate surface area is 147 Å². The van der Waals surface area contributed by atoms with Crippen LogP contribution in [0.1, 0.15) is 29.3 Å². The number of aromatic nitrogens is 1. The largest absolute Gasteiger partial charge is 0.492 e. The molecule has 2 aliphatic heterocycles. The summed E-state index contributed by atoms with van der Waals surface area (Å²) in [4.78, 5) is 6.23. The van der Waals surface area contributed by atoms with Crippen LogP contribution < -0.4 is 0 Å². The first-order valence-electron chi connectivity index (χ1n) is 9.08. The smallest absolute Gasteiger partial charge is 0.113 e. The van der Waals surface area contributed by atoms with Crippen LogP contribution in [-0.4, -0.2) is 23.0 Å². The fraction of sp³-hybridized carbons (Fsp3) is 0.273. The van der Waals surface area contributed by atoms with E-state index in [9.17, 15) is 0 Å². The van der Waals surface area contributed by atoms with Crippen LogP contribution in [0.2, 0.25) is 0 Å². The monoisotopic (exact) mass is 330 g/mol. The predicted octanol–water partition coefficient (Wildman–Crippen LogP) is 4.57. The van der Waals surface area contributed by atoms with Gasteiger partial charge in [-0.25, -0.2) is 0 Å². The molecule has 1 atom stereocenters. The topological polar surface area (TPSA) is 28.3 Å². The second-order valence-electron chi connectivity index (χ2n) is 6.98. The zero-order valence-corrected chi connectivity index (χ0v) is 14.2. The predicted molar refractivity (Wildman–Crippen MR) is 100 cm³/mol. The number of para-hydroxylation sites is 1. The Morgan fingerprint density at radius 1 is 1.04 bits per heavy atom. The summed E-state index contributed by atoms with van der Waals surface area (Å²) < 4.78 is 6.07. The number of fused-ring (bicyclic) bond motifs is 5. The molecular formula is C22H22N2O. The number of benzene rings is 2. The van der Waals surface area contributed by atoms with Crippen molar-refractivity contribution in [1.29, 1.82) is 0 Å². The number of hydrogen-bond donors (Lipinski definition) is 1. The number of ether oxygens (including phenoxy) is 1. The maximum atomic E-state index is 6.07. The Kier molecular flexibility index (Phi) is 3.60. The third-order valence-electron chi connectivity index (χ3n) is 5.46. The Bertz CT molecular complexity index is 926. The van der Waals surface area contributed by atoms with E-state index >= 15 is 0 Å². The van der Waals surface area contributed by atoms with Gasteiger partial charge in [0.05, 0.1) is 12.6 Å². The van der Waals surface area contributed by atoms with Crippen molar-refractivity contribution >= 4 is 10.9 Å². The number of nitrogens with zero attached hydrogens (tertiary/aromatic N) is 1. The SMILES string of the molecule is C1=C(OCc2ccccc2)CN2CCc3c([nH]c4ccccc34)C2C1. The van der Waals surface area contributed by atoms with Crippen molar-refractivity contribution in [3.8, 4) is 0 Å². The van der Waals surface area contributed by atoms with Crippen LogP contribution in [0.3, 0.4) is 0 Å². The van der Waals surface area contributed by atoms with E-state index in [1.165, 1.54) is 27.7 Å². The van der Waals surface area contributed by atoms with Crippen LogP contribution in [0.15, 0.2) is 66.4 Å². The molecule has 0 amide bonds. The minimum Gasteiger partial charge on any atom is -0.492 e. The van der Waals surface area contributed by atoms with Gasteiger partial charge in [0.15, 0.2) is 0 Å². The maximum absolute atomic E-state index is 6.07. The molecule has 0 saturated heterocycles. The van der Waals surface area contributed by atoms with E-state index in [0.717, 1.165) is 31.7 Å². The van der Waals surface area contributed by atoms with Gasteiger partial charge in [0.2, 0.25) is 0 Å². The van der Waals surface area contributed by atoms with E-state index < -0.39 is 0 Å². The minimum atomic E-state index is 0.459. The Balaban J connectivity index is 1.36. The molecule has 1 N–H and O–H groups in total. The number of aromatic amines is 1. The normalized spacial score (nSPS) is 20.0. The molecule has 0 spiro atoms. The first-order valence-corrected chi connectivity index (χ1v) is 9.08. The highest BCUT2D eigenvalue weighted by atomic mass is 16.5. The molecule has 25 heavy (non-hydrogen) atoms. The molecule has 5 rings (SSSR count). The maximum Gasteiger partial charge on any atom is 0.113 e. The van der Waals surface area contributed by atoms with Crippen LogP contribution in [0, 0.1) is 0 Å². The summed E-state index contributed by atoms with van der Waals surface area (Å²) in [5.41, 5.74) is 5.41. The van der Waals surface area contributed by atoms with E-state index in [4.69, 9.17) is 4.74 Å². The van der Waals surface area contributed by atoms with Crippen LogP contribution in [-0.2, 0) is 17.8 Å². The van der Waals surface area contributed by atoms with Gasteiger partial charge in [-0.1, -0.05) is 48.5 Å². The lowest BCUT2D eigenvalue weighted by Crippen LogP contribution is -2.39. The molecule has 3 heteroatoms. The average molecular weight is 330 g/mol. The quantitative estimate of drug-likeness (QED) is 0.762. The van der Waals surface area contributed by atoms with Crippen molar-refractivity contribution < 1.29 is 4.74 Å². The molecule has 2 aromatic carbocycles. The Hall–Kier alpha value is -2.52. The number of H-pyrrole nitrogens is 1. The Morgan fingerprint density at radius 3 is 2.80 bits per heavy atom. The molecular weight excluding hydrogens is 308 g/mol. The highest BCUT2D eigenvalue weighted by molar-refractivity contribution is 5.85. The summed E-state index contributed by atoms with van der Waals surface area (Å²) in [5.74, 6) is 1.11. The lowest BCUT2D eigenvalue weighted by atomic mass is 9.93. The van der Waals surface area contributed by atoms with Gasteiger partial charge in [0.25, 0.3) is 0 Å². The molecule has 3 heterocycles. The lowest BCUT2D eigenvalue weighted by molar-refractivity contribution is 0.113. The molecule has 2 aliphatic rings. The van der Waals surface area contributed by atoms with Gasteiger partial charge in [-0.3, -0.25) is 4.90 Å². The summed E-state index contributed by atoms with van der Waals surface area (Å²) >= 11 is 0. The van der Waals surface area contributed by atoms with Crippen molar-refractivity contribution in [2.45, 2.75) is 25.5 Å². The molecule has 0 fully saturated rings. The molecule has 126 valence electrons. The van der Waals surface area contributed by atoms with Gasteiger partial charge in [-0.05, 0) is 36.1 Å². The summed E-state index contributed by atoms with van der Waals surface area (Å²) in [7, 11) is 0. The van der Waals surface area contributed by atoms with Gasteiger partial charge in [0.1, 0.15) is 12.4 Å². The number of hydrogen-bond acceptors (Lipinski definition) is 2. The van der Waals surface area contributed by atoms with E-state index in [2.05, 4.69) is 64.5 Å². The lowest BCUT2D eigenvalue weighted by Gasteiger charge is -2.38. The third kappa shape index (κ3) is 2.65. The van der Waals surface area contributed by atoms with Crippen molar-refractivity contribution in [2.24, 2.45) is 0 Å². The van der Waals surface area contributed by atoms with E-state index in [1.54, 1.807) is 0 Å². The molecule has 1 unspecified atom stereocenters. The van der Waals surface area contributed by atoms with Crippen molar-refractivity contribution in [3.05, 3.63) is 83.3 Å². The van der Waals surface area contributed by atoms with Gasteiger partial charge < -0.3 is 9.72 Å². The van der Waals surface area contributed by atoms with Crippen molar-refractivity contribution in [1.82, 2.24) is 9.88 Å². The third-order valence-corrected chi connectivity index (χ3v) is 5.46. The first kappa shape index (κ1) is 14.8. The zero-order chi connectivity index (χ0) is 16.6. The van der Waals surface area contributed by atoms with Crippen molar-refractivity contribution in [3.63, 3.8) is 0 Å². The standard InChI is InChI=1S/C22H22N2O/c1-2-6-16(7-3-1)15-25-17-10-11-21-22-19(12-13-24(21)14-17)18-8-4-5-9-20(18)23-22/h1-10,21,23H,11-15H2. The van der Waals surface area contributed by atoms with Crippen LogP contribution in [0.5, 0.6) is 0 Å². The van der Waals surface area contributed by atoms with E-state index in [1.807, 2.05) is 6.07 Å². The zero-order valence-electron chi connectivity index (χ0n) is 14.2. The Morgan fingerprint density at radius 2 is 1.88 bits per heavy atom. The average Bonchev–Trinajstić information content (AvgIpc) is 3.06. The number of rotatable bonds is 3. The molecule has 0 radical (unpaired) electrons. The van der Waals surface area contributed by atoms with Gasteiger partial charge in [-0.2, -0.15) is 0 Å². The molecule has 0 aliphatic carbocycles. The second kappa shape index (κ2) is 6.08. The van der Waals surface area contributed by atoms with Crippen LogP contribution in [0.25, 0.3) is 10.9 Å². The molecule has 3 nitrogen and oxygen atoms in total. The summed E-state index contributed by atoms with van der Waals surface area (Å²) in [6.07, 6.45) is 4.41. The first-order chi connectivity index (χ1) is 12.4. The summed E-state index contributed by atoms with van der Waals surface area (Å²) in [5, 5.41) is 1.40. The van der Waals surface area contributed by atoms with E-state index in [-0.39, 0.29) is 0 Å². The van der Waals surface area contributed by atoms with Gasteiger partial charge >= 0.3 is 0 Å². The highest BCUT2D eigenvalue weighted by Crippen LogP contribution is 2.38. The molecule has 0 bridgehead atoms. The summed E-state index contributed by atoms with van der Waals surface area (Å²) in [6, 6.07) is 19.5. The molecule has 1 aromatic heterocycles. The second-order valence-corrected chi connectivity index (χ2v) is 6.98. The van der Waals surface area contributed by atoms with E-state index in [0.29, 0.717) is 12.6 Å².